The van der Waals surface area contributed by atoms with E-state index in [9.17, 15) is 0 Å². The summed E-state index contributed by atoms with van der Waals surface area (Å²) in [6.45, 7) is 33.8. The molecule has 0 aliphatic heterocycles. The van der Waals surface area contributed by atoms with Crippen LogP contribution in [0.15, 0.2) is 74.9 Å². The lowest BCUT2D eigenvalue weighted by Crippen LogP contribution is -2.38. The average molecular weight is 573 g/mol. The standard InChI is InChI=1S/C41H64O/c1-15-24(3)26(5)40-34(13)30(9)28(7)32(11)38(40)22-37(42-36-20-18-17-19-21-36)23-39-33(12)29(8)31(10)35(14)41(39)27(6)25(4)16-2/h17-21,24-27,37-41H,15-16,22-23H2,1-14H3. The molecule has 0 spiro atoms. The van der Waals surface area contributed by atoms with Crippen LogP contribution in [0.3, 0.4) is 0 Å². The van der Waals surface area contributed by atoms with Gasteiger partial charge in [0.1, 0.15) is 5.75 Å². The normalized spacial score (nSPS) is 27.3. The van der Waals surface area contributed by atoms with Crippen LogP contribution >= 0.6 is 0 Å². The lowest BCUT2D eigenvalue weighted by atomic mass is 9.61. The summed E-state index contributed by atoms with van der Waals surface area (Å²) in [5.74, 6) is 5.82. The Hall–Kier alpha value is -2.02. The fourth-order valence-electron chi connectivity index (χ4n) is 8.45. The Kier molecular flexibility index (Phi) is 12.0. The summed E-state index contributed by atoms with van der Waals surface area (Å²) < 4.78 is 7.06. The van der Waals surface area contributed by atoms with E-state index < -0.39 is 0 Å². The largest absolute Gasteiger partial charge is 0.490 e. The minimum atomic E-state index is 0.156. The Morgan fingerprint density at radius 1 is 0.548 bits per heavy atom. The van der Waals surface area contributed by atoms with Gasteiger partial charge in [-0.2, -0.15) is 0 Å². The molecule has 0 saturated heterocycles. The Labute approximate surface area is 261 Å². The molecule has 8 atom stereocenters. The van der Waals surface area contributed by atoms with Crippen LogP contribution in [0.2, 0.25) is 0 Å². The van der Waals surface area contributed by atoms with Crippen molar-refractivity contribution in [1.82, 2.24) is 0 Å². The topological polar surface area (TPSA) is 9.23 Å². The number of ether oxygens (including phenoxy) is 1. The molecular formula is C41H64O. The number of hydrogen-bond acceptors (Lipinski definition) is 1. The van der Waals surface area contributed by atoms with Gasteiger partial charge in [-0.05, 0) is 150 Å². The van der Waals surface area contributed by atoms with Gasteiger partial charge in [-0.3, -0.25) is 0 Å². The summed E-state index contributed by atoms with van der Waals surface area (Å²) in [6, 6.07) is 10.6. The number of benzene rings is 1. The molecule has 3 rings (SSSR count). The van der Waals surface area contributed by atoms with E-state index in [0.717, 1.165) is 18.6 Å². The van der Waals surface area contributed by atoms with Gasteiger partial charge in [0.2, 0.25) is 0 Å². The zero-order chi connectivity index (χ0) is 31.5. The highest BCUT2D eigenvalue weighted by Gasteiger charge is 2.41. The molecule has 0 aromatic heterocycles. The van der Waals surface area contributed by atoms with Crippen molar-refractivity contribution in [3.05, 3.63) is 74.9 Å². The predicted molar refractivity (Wildman–Crippen MR) is 185 cm³/mol. The Balaban J connectivity index is 2.09. The molecule has 2 aliphatic carbocycles. The summed E-state index contributed by atoms with van der Waals surface area (Å²) in [7, 11) is 0. The van der Waals surface area contributed by atoms with Crippen molar-refractivity contribution < 1.29 is 4.74 Å². The lowest BCUT2D eigenvalue weighted by molar-refractivity contribution is 0.102. The van der Waals surface area contributed by atoms with E-state index in [-0.39, 0.29) is 6.10 Å². The van der Waals surface area contributed by atoms with Gasteiger partial charge in [0.25, 0.3) is 0 Å². The lowest BCUT2D eigenvalue weighted by Gasteiger charge is -2.44. The molecule has 234 valence electrons. The van der Waals surface area contributed by atoms with Crippen LogP contribution in [0.1, 0.15) is 123 Å². The van der Waals surface area contributed by atoms with Crippen molar-refractivity contribution in [2.45, 2.75) is 129 Å². The third kappa shape index (κ3) is 7.03. The van der Waals surface area contributed by atoms with Gasteiger partial charge in [0, 0.05) is 0 Å². The smallest absolute Gasteiger partial charge is 0.119 e. The first-order chi connectivity index (χ1) is 19.8. The van der Waals surface area contributed by atoms with Crippen molar-refractivity contribution in [1.29, 1.82) is 0 Å². The Morgan fingerprint density at radius 3 is 1.26 bits per heavy atom. The predicted octanol–water partition coefficient (Wildman–Crippen LogP) is 12.4. The van der Waals surface area contributed by atoms with Crippen molar-refractivity contribution >= 4 is 0 Å². The summed E-state index contributed by atoms with van der Waals surface area (Å²) in [4.78, 5) is 0. The van der Waals surface area contributed by atoms with Crippen molar-refractivity contribution in [2.75, 3.05) is 0 Å². The highest BCUT2D eigenvalue weighted by molar-refractivity contribution is 5.43. The van der Waals surface area contributed by atoms with Crippen molar-refractivity contribution in [2.24, 2.45) is 47.3 Å². The Bertz CT molecular complexity index is 1120. The maximum atomic E-state index is 7.06. The molecule has 0 saturated carbocycles. The van der Waals surface area contributed by atoms with E-state index in [2.05, 4.69) is 127 Å². The third-order valence-electron chi connectivity index (χ3n) is 12.8. The van der Waals surface area contributed by atoms with Crippen molar-refractivity contribution in [3.8, 4) is 5.75 Å². The van der Waals surface area contributed by atoms with Gasteiger partial charge in [-0.25, -0.2) is 0 Å². The minimum absolute atomic E-state index is 0.156. The SMILES string of the molecule is CCC(C)C(C)C1C(C)=C(C)C(C)=C(C)C1CC(CC1C(C)=C(C)C(C)=C(C)C1C(C)C(C)CC)Oc1ccccc1. The van der Waals surface area contributed by atoms with E-state index in [1.165, 1.54) is 35.1 Å². The number of rotatable bonds is 12. The first-order valence-electron chi connectivity index (χ1n) is 17.2. The summed E-state index contributed by atoms with van der Waals surface area (Å²) in [5, 5.41) is 0. The molecule has 0 amide bonds. The minimum Gasteiger partial charge on any atom is -0.490 e. The van der Waals surface area contributed by atoms with Crippen LogP contribution in [0, 0.1) is 47.3 Å². The number of para-hydroxylation sites is 1. The molecule has 0 N–H and O–H groups in total. The number of hydrogen-bond donors (Lipinski definition) is 0. The monoisotopic (exact) mass is 572 g/mol. The molecule has 0 bridgehead atoms. The zero-order valence-corrected chi connectivity index (χ0v) is 29.8. The fraction of sp³-hybridized carbons (Fsp3) is 0.659. The molecule has 1 aromatic carbocycles. The first-order valence-corrected chi connectivity index (χ1v) is 17.2. The van der Waals surface area contributed by atoms with E-state index in [1.807, 2.05) is 0 Å². The van der Waals surface area contributed by atoms with E-state index in [4.69, 9.17) is 4.74 Å². The van der Waals surface area contributed by atoms with Gasteiger partial charge in [0.05, 0.1) is 6.10 Å². The third-order valence-corrected chi connectivity index (χ3v) is 12.8. The van der Waals surface area contributed by atoms with Crippen LogP contribution < -0.4 is 4.74 Å². The van der Waals surface area contributed by atoms with Gasteiger partial charge >= 0.3 is 0 Å². The molecule has 0 fully saturated rings. The van der Waals surface area contributed by atoms with Gasteiger partial charge in [0.15, 0.2) is 0 Å². The summed E-state index contributed by atoms with van der Waals surface area (Å²) in [5.41, 5.74) is 12.4. The number of allylic oxidation sites excluding steroid dienone is 8. The zero-order valence-electron chi connectivity index (χ0n) is 29.8. The molecule has 1 nitrogen and oxygen atoms in total. The van der Waals surface area contributed by atoms with E-state index in [0.29, 0.717) is 47.3 Å². The van der Waals surface area contributed by atoms with Crippen LogP contribution in [0.4, 0.5) is 0 Å². The molecule has 1 aromatic rings. The Morgan fingerprint density at radius 2 is 0.905 bits per heavy atom. The van der Waals surface area contributed by atoms with Crippen LogP contribution in [-0.2, 0) is 0 Å². The second-order valence-electron chi connectivity index (χ2n) is 14.5. The molecule has 2 aliphatic rings. The molecule has 0 radical (unpaired) electrons. The first kappa shape index (κ1) is 34.5. The molecule has 1 heteroatoms. The fourth-order valence-corrected chi connectivity index (χ4v) is 8.45. The summed E-state index contributed by atoms with van der Waals surface area (Å²) >= 11 is 0. The maximum Gasteiger partial charge on any atom is 0.119 e. The van der Waals surface area contributed by atoms with Crippen LogP contribution in [0.5, 0.6) is 5.75 Å². The van der Waals surface area contributed by atoms with Crippen molar-refractivity contribution in [3.63, 3.8) is 0 Å². The van der Waals surface area contributed by atoms with Gasteiger partial charge in [-0.15, -0.1) is 0 Å². The quantitative estimate of drug-likeness (QED) is 0.242. The second-order valence-corrected chi connectivity index (χ2v) is 14.5. The molecule has 0 heterocycles. The summed E-state index contributed by atoms with van der Waals surface area (Å²) in [6.07, 6.45) is 4.76. The molecule has 8 unspecified atom stereocenters. The van der Waals surface area contributed by atoms with Gasteiger partial charge < -0.3 is 4.74 Å². The average Bonchev–Trinajstić information content (AvgIpc) is 2.99. The highest BCUT2D eigenvalue weighted by Crippen LogP contribution is 2.50. The van der Waals surface area contributed by atoms with Gasteiger partial charge in [-0.1, -0.05) is 94.9 Å². The van der Waals surface area contributed by atoms with Crippen LogP contribution in [0.25, 0.3) is 0 Å². The second kappa shape index (κ2) is 14.6. The molecular weight excluding hydrogens is 508 g/mol. The van der Waals surface area contributed by atoms with E-state index in [1.54, 1.807) is 22.3 Å². The maximum absolute atomic E-state index is 7.06. The van der Waals surface area contributed by atoms with E-state index >= 15 is 0 Å². The van der Waals surface area contributed by atoms with Crippen LogP contribution in [-0.4, -0.2) is 6.10 Å². The highest BCUT2D eigenvalue weighted by atomic mass is 16.5. The molecule has 42 heavy (non-hydrogen) atoms.